The van der Waals surface area contributed by atoms with Crippen LogP contribution in [-0.4, -0.2) is 45.9 Å². The second-order valence-corrected chi connectivity index (χ2v) is 6.50. The van der Waals surface area contributed by atoms with Crippen molar-refractivity contribution in [3.8, 4) is 0 Å². The summed E-state index contributed by atoms with van der Waals surface area (Å²) in [6.07, 6.45) is 5.83. The van der Waals surface area contributed by atoms with Gasteiger partial charge >= 0.3 is 0 Å². The quantitative estimate of drug-likeness (QED) is 0.293. The molecule has 7 heteroatoms. The van der Waals surface area contributed by atoms with E-state index < -0.39 is 35.7 Å². The van der Waals surface area contributed by atoms with Crippen LogP contribution in [-0.2, 0) is 14.3 Å². The number of aliphatic hydroxyl groups excluding tert-OH is 1. The maximum absolute atomic E-state index is 11.9. The van der Waals surface area contributed by atoms with Gasteiger partial charge in [-0.3, -0.25) is 9.59 Å². The first-order valence-electron chi connectivity index (χ1n) is 7.96. The van der Waals surface area contributed by atoms with Crippen LogP contribution in [0.1, 0.15) is 26.7 Å². The van der Waals surface area contributed by atoms with Gasteiger partial charge in [0, 0.05) is 18.2 Å². The number of ether oxygens (including phenoxy) is 1. The number of primary amides is 1. The highest BCUT2D eigenvalue weighted by Crippen LogP contribution is 2.44. The highest BCUT2D eigenvalue weighted by atomic mass is 16.6. The first-order chi connectivity index (χ1) is 11.2. The molecule has 0 aromatic heterocycles. The van der Waals surface area contributed by atoms with Gasteiger partial charge in [-0.1, -0.05) is 32.1 Å². The average molecular weight is 336 g/mol. The maximum atomic E-state index is 11.9. The molecular weight excluding hydrogens is 312 g/mol. The minimum absolute atomic E-state index is 0.0171. The maximum Gasteiger partial charge on any atom is 0.248 e. The molecule has 0 aromatic rings. The Balaban J connectivity index is 2.03. The third-order valence-corrected chi connectivity index (χ3v) is 3.95. The minimum Gasteiger partial charge on any atom is -0.384 e. The number of nitrogens with two attached hydrogens (primary N) is 1. The Morgan fingerprint density at radius 3 is 2.79 bits per heavy atom. The van der Waals surface area contributed by atoms with Crippen molar-refractivity contribution in [1.82, 2.24) is 5.32 Å². The summed E-state index contributed by atoms with van der Waals surface area (Å²) in [6.45, 7) is 4.04. The Bertz CT molecular complexity index is 596. The molecule has 1 heterocycles. The number of amides is 2. The van der Waals surface area contributed by atoms with Crippen molar-refractivity contribution in [2.24, 2.45) is 11.7 Å². The Hall–Kier alpha value is -1.96. The van der Waals surface area contributed by atoms with Crippen molar-refractivity contribution in [2.75, 3.05) is 0 Å². The van der Waals surface area contributed by atoms with Gasteiger partial charge in [0.15, 0.2) is 0 Å². The van der Waals surface area contributed by atoms with E-state index in [4.69, 9.17) is 10.5 Å². The van der Waals surface area contributed by atoms with Crippen LogP contribution in [0.3, 0.4) is 0 Å². The molecule has 0 bridgehead atoms. The zero-order chi connectivity index (χ0) is 17.9. The summed E-state index contributed by atoms with van der Waals surface area (Å²) in [4.78, 5) is 22.9. The van der Waals surface area contributed by atoms with Crippen molar-refractivity contribution in [1.29, 1.82) is 0 Å². The Morgan fingerprint density at radius 2 is 2.17 bits per heavy atom. The molecule has 0 saturated carbocycles. The van der Waals surface area contributed by atoms with Gasteiger partial charge in [-0.15, -0.1) is 0 Å². The zero-order valence-electron chi connectivity index (χ0n) is 13.8. The van der Waals surface area contributed by atoms with E-state index in [9.17, 15) is 19.8 Å². The monoisotopic (exact) mass is 336 g/mol. The molecule has 1 saturated heterocycles. The third-order valence-electron chi connectivity index (χ3n) is 3.95. The number of fused-ring (bicyclic) bond motifs is 1. The predicted molar refractivity (Wildman–Crippen MR) is 87.4 cm³/mol. The van der Waals surface area contributed by atoms with Crippen LogP contribution >= 0.6 is 0 Å². The van der Waals surface area contributed by atoms with E-state index in [-0.39, 0.29) is 18.5 Å². The lowest BCUT2D eigenvalue weighted by Gasteiger charge is -2.29. The van der Waals surface area contributed by atoms with Gasteiger partial charge in [-0.25, -0.2) is 0 Å². The van der Waals surface area contributed by atoms with Crippen LogP contribution in [0.2, 0.25) is 0 Å². The summed E-state index contributed by atoms with van der Waals surface area (Å²) < 4.78 is 5.29. The Morgan fingerprint density at radius 1 is 1.46 bits per heavy atom. The van der Waals surface area contributed by atoms with Crippen LogP contribution in [0.15, 0.2) is 36.1 Å². The van der Waals surface area contributed by atoms with Crippen LogP contribution in [0.5, 0.6) is 0 Å². The number of hydrogen-bond acceptors (Lipinski definition) is 5. The number of carbonyl (C=O) groups excluding carboxylic acids is 2. The lowest BCUT2D eigenvalue weighted by atomic mass is 9.84. The van der Waals surface area contributed by atoms with Crippen LogP contribution in [0.25, 0.3) is 0 Å². The first kappa shape index (κ1) is 18.4. The topological polar surface area (TPSA) is 125 Å². The lowest BCUT2D eigenvalue weighted by Crippen LogP contribution is -2.46. The van der Waals surface area contributed by atoms with Crippen molar-refractivity contribution in [3.63, 3.8) is 0 Å². The van der Waals surface area contributed by atoms with E-state index in [0.29, 0.717) is 5.92 Å². The van der Waals surface area contributed by atoms with E-state index in [0.717, 1.165) is 0 Å². The molecule has 4 atom stereocenters. The molecule has 1 aliphatic heterocycles. The second kappa shape index (κ2) is 7.29. The Labute approximate surface area is 140 Å². The molecule has 0 aromatic carbocycles. The number of aliphatic hydroxyl groups is 2. The zero-order valence-corrected chi connectivity index (χ0v) is 13.8. The molecule has 0 radical (unpaired) electrons. The molecular formula is C17H24N2O5. The average Bonchev–Trinajstić information content (AvgIpc) is 3.29. The highest BCUT2D eigenvalue weighted by molar-refractivity contribution is 5.89. The van der Waals surface area contributed by atoms with E-state index in [1.54, 1.807) is 12.2 Å². The van der Waals surface area contributed by atoms with Crippen LogP contribution in [0, 0.1) is 5.92 Å². The molecule has 0 unspecified atom stereocenters. The van der Waals surface area contributed by atoms with Gasteiger partial charge < -0.3 is 26.0 Å². The van der Waals surface area contributed by atoms with Crippen molar-refractivity contribution in [2.45, 2.75) is 50.6 Å². The molecule has 132 valence electrons. The van der Waals surface area contributed by atoms with E-state index >= 15 is 0 Å². The van der Waals surface area contributed by atoms with Gasteiger partial charge in [-0.05, 0) is 18.4 Å². The lowest BCUT2D eigenvalue weighted by molar-refractivity contribution is -0.119. The molecule has 5 N–H and O–H groups in total. The fraction of sp³-hybridized carbons (Fsp3) is 0.529. The summed E-state index contributed by atoms with van der Waals surface area (Å²) in [5.74, 6) is -0.583. The largest absolute Gasteiger partial charge is 0.384 e. The molecule has 2 amide bonds. The fourth-order valence-corrected chi connectivity index (χ4v) is 2.64. The number of carbonyl (C=O) groups is 2. The molecule has 2 rings (SSSR count). The molecule has 1 fully saturated rings. The highest BCUT2D eigenvalue weighted by Gasteiger charge is 2.60. The van der Waals surface area contributed by atoms with E-state index in [2.05, 4.69) is 5.32 Å². The van der Waals surface area contributed by atoms with Crippen molar-refractivity contribution >= 4 is 11.8 Å². The summed E-state index contributed by atoms with van der Waals surface area (Å²) in [7, 11) is 0. The molecule has 1 aliphatic carbocycles. The number of epoxide rings is 1. The van der Waals surface area contributed by atoms with Crippen LogP contribution in [0.4, 0.5) is 0 Å². The smallest absolute Gasteiger partial charge is 0.248 e. The van der Waals surface area contributed by atoms with Gasteiger partial charge in [0.1, 0.15) is 23.9 Å². The van der Waals surface area contributed by atoms with E-state index in [1.165, 1.54) is 12.2 Å². The second-order valence-electron chi connectivity index (χ2n) is 6.50. The van der Waals surface area contributed by atoms with Crippen molar-refractivity contribution < 1.29 is 24.5 Å². The van der Waals surface area contributed by atoms with Gasteiger partial charge in [0.05, 0.1) is 0 Å². The third kappa shape index (κ3) is 4.53. The summed E-state index contributed by atoms with van der Waals surface area (Å²) in [6, 6.07) is 0. The Kier molecular flexibility index (Phi) is 5.58. The fourth-order valence-electron chi connectivity index (χ4n) is 2.64. The number of nitrogens with one attached hydrogen (secondary N) is 1. The summed E-state index contributed by atoms with van der Waals surface area (Å²) in [5.41, 5.74) is 3.86. The molecule has 2 aliphatic rings. The van der Waals surface area contributed by atoms with Crippen LogP contribution < -0.4 is 11.1 Å². The number of allylic oxidation sites excluding steroid dienone is 3. The molecule has 24 heavy (non-hydrogen) atoms. The predicted octanol–water partition coefficient (Wildman–Crippen LogP) is -0.107. The first-order valence-corrected chi connectivity index (χ1v) is 7.96. The van der Waals surface area contributed by atoms with Gasteiger partial charge in [-0.2, -0.15) is 0 Å². The molecule has 7 nitrogen and oxygen atoms in total. The van der Waals surface area contributed by atoms with Gasteiger partial charge in [0.2, 0.25) is 11.8 Å². The normalized spacial score (nSPS) is 32.0. The van der Waals surface area contributed by atoms with Gasteiger partial charge in [0.25, 0.3) is 0 Å². The summed E-state index contributed by atoms with van der Waals surface area (Å²) in [5, 5.41) is 23.3. The van der Waals surface area contributed by atoms with Crippen molar-refractivity contribution in [3.05, 3.63) is 36.1 Å². The van der Waals surface area contributed by atoms with E-state index in [1.807, 2.05) is 19.9 Å². The SMILES string of the molecule is CC(C)/C=C/C=C/C(=O)NC1=C[C@](O)(CCC(N)=O)[C@H]2O[C@H]2[C@@H]1O. The molecule has 0 spiro atoms. The number of hydrogen-bond donors (Lipinski definition) is 4. The number of rotatable bonds is 7. The summed E-state index contributed by atoms with van der Waals surface area (Å²) >= 11 is 0. The minimum atomic E-state index is -1.43. The standard InChI is InChI=1S/C17H24N2O5/c1-10(2)5-3-4-6-13(21)19-11-9-17(23,8-7-12(18)20)16-15(24-16)14(11)22/h3-6,9-10,14-16,22-23H,7-8H2,1-2H3,(H2,18,20)(H,19,21)/b5-3+,6-4+/t14-,15+,16+,17-/m1/s1.